The normalized spacial score (nSPS) is 22.1. The number of amides is 1. The maximum absolute atomic E-state index is 11.7. The molecule has 0 saturated carbocycles. The molecule has 0 bridgehead atoms. The molecule has 1 unspecified atom stereocenters. The fourth-order valence-electron chi connectivity index (χ4n) is 4.05. The van der Waals surface area contributed by atoms with Crippen LogP contribution in [0.25, 0.3) is 5.69 Å². The molecular formula is C19H26IN7O. The van der Waals surface area contributed by atoms with Gasteiger partial charge >= 0.3 is 0 Å². The van der Waals surface area contributed by atoms with Crippen LogP contribution in [-0.2, 0) is 11.3 Å². The Labute approximate surface area is 181 Å². The van der Waals surface area contributed by atoms with Crippen molar-refractivity contribution in [2.75, 3.05) is 26.7 Å². The van der Waals surface area contributed by atoms with E-state index in [0.29, 0.717) is 13.0 Å². The highest BCUT2D eigenvalue weighted by molar-refractivity contribution is 14.0. The minimum atomic E-state index is 0. The van der Waals surface area contributed by atoms with Crippen LogP contribution in [0.2, 0.25) is 0 Å². The van der Waals surface area contributed by atoms with E-state index < -0.39 is 0 Å². The third kappa shape index (κ3) is 4.45. The Morgan fingerprint density at radius 3 is 2.82 bits per heavy atom. The van der Waals surface area contributed by atoms with Crippen LogP contribution in [0.4, 0.5) is 0 Å². The van der Waals surface area contributed by atoms with E-state index in [-0.39, 0.29) is 35.3 Å². The number of likely N-dealkylation sites (tertiary alicyclic amines) is 1. The summed E-state index contributed by atoms with van der Waals surface area (Å²) in [5.41, 5.74) is 2.22. The number of carbonyl (C=O) groups excluding carboxylic acids is 1. The molecule has 2 aliphatic rings. The Hall–Kier alpha value is -2.17. The number of nitrogens with one attached hydrogen (secondary N) is 2. The molecule has 2 saturated heterocycles. The Morgan fingerprint density at radius 2 is 2.18 bits per heavy atom. The van der Waals surface area contributed by atoms with E-state index in [4.69, 9.17) is 0 Å². The fraction of sp³-hybridized carbons (Fsp3) is 0.474. The predicted octanol–water partition coefficient (Wildman–Crippen LogP) is 1.56. The highest BCUT2D eigenvalue weighted by atomic mass is 127. The largest absolute Gasteiger partial charge is 0.355 e. The first-order valence-electron chi connectivity index (χ1n) is 9.34. The molecule has 2 aromatic rings. The second-order valence-electron chi connectivity index (χ2n) is 7.39. The van der Waals surface area contributed by atoms with Crippen LogP contribution in [0, 0.1) is 5.41 Å². The van der Waals surface area contributed by atoms with Gasteiger partial charge in [0.2, 0.25) is 5.91 Å². The second kappa shape index (κ2) is 8.89. The lowest BCUT2D eigenvalue weighted by Crippen LogP contribution is -2.51. The van der Waals surface area contributed by atoms with Crippen molar-refractivity contribution < 1.29 is 4.79 Å². The predicted molar refractivity (Wildman–Crippen MR) is 118 cm³/mol. The molecule has 28 heavy (non-hydrogen) atoms. The van der Waals surface area contributed by atoms with E-state index in [0.717, 1.165) is 44.1 Å². The molecule has 3 heterocycles. The molecule has 0 aliphatic carbocycles. The third-order valence-corrected chi connectivity index (χ3v) is 5.44. The van der Waals surface area contributed by atoms with Crippen molar-refractivity contribution in [1.29, 1.82) is 0 Å². The summed E-state index contributed by atoms with van der Waals surface area (Å²) >= 11 is 0. The number of benzene rings is 1. The van der Waals surface area contributed by atoms with Gasteiger partial charge in [-0.15, -0.1) is 24.0 Å². The van der Waals surface area contributed by atoms with Crippen molar-refractivity contribution >= 4 is 35.8 Å². The molecule has 1 amide bonds. The fourth-order valence-corrected chi connectivity index (χ4v) is 4.05. The maximum atomic E-state index is 11.7. The summed E-state index contributed by atoms with van der Waals surface area (Å²) in [5, 5.41) is 10.6. The van der Waals surface area contributed by atoms with Gasteiger partial charge in [-0.1, -0.05) is 12.1 Å². The van der Waals surface area contributed by atoms with Crippen molar-refractivity contribution in [3.8, 4) is 5.69 Å². The third-order valence-electron chi connectivity index (χ3n) is 5.44. The number of nitrogens with zero attached hydrogens (tertiary/aromatic N) is 5. The summed E-state index contributed by atoms with van der Waals surface area (Å²) in [6.45, 7) is 3.32. The van der Waals surface area contributed by atoms with Crippen molar-refractivity contribution in [2.24, 2.45) is 10.4 Å². The average molecular weight is 495 g/mol. The van der Waals surface area contributed by atoms with Gasteiger partial charge in [-0.05, 0) is 30.5 Å². The summed E-state index contributed by atoms with van der Waals surface area (Å²) in [5.74, 6) is 1.07. The van der Waals surface area contributed by atoms with E-state index >= 15 is 0 Å². The van der Waals surface area contributed by atoms with Gasteiger partial charge in [0.05, 0.1) is 5.69 Å². The number of guanidine groups is 1. The van der Waals surface area contributed by atoms with Gasteiger partial charge in [0.25, 0.3) is 0 Å². The zero-order chi connectivity index (χ0) is 18.7. The van der Waals surface area contributed by atoms with Crippen molar-refractivity contribution in [1.82, 2.24) is 30.3 Å². The summed E-state index contributed by atoms with van der Waals surface area (Å²) in [6, 6.07) is 8.21. The van der Waals surface area contributed by atoms with Crippen LogP contribution in [0.1, 0.15) is 24.8 Å². The molecular weight excluding hydrogens is 469 g/mol. The van der Waals surface area contributed by atoms with Gasteiger partial charge < -0.3 is 15.5 Å². The topological polar surface area (TPSA) is 87.4 Å². The lowest BCUT2D eigenvalue weighted by Gasteiger charge is -2.40. The molecule has 2 N–H and O–H groups in total. The van der Waals surface area contributed by atoms with Gasteiger partial charge in [0.15, 0.2) is 5.96 Å². The molecule has 4 rings (SSSR count). The second-order valence-corrected chi connectivity index (χ2v) is 7.39. The Bertz CT molecular complexity index is 821. The monoisotopic (exact) mass is 495 g/mol. The molecule has 9 heteroatoms. The maximum Gasteiger partial charge on any atom is 0.220 e. The van der Waals surface area contributed by atoms with Crippen molar-refractivity contribution in [2.45, 2.75) is 25.8 Å². The van der Waals surface area contributed by atoms with Crippen molar-refractivity contribution in [3.63, 3.8) is 0 Å². The van der Waals surface area contributed by atoms with Crippen LogP contribution in [0.15, 0.2) is 41.9 Å². The summed E-state index contributed by atoms with van der Waals surface area (Å²) in [7, 11) is 1.81. The highest BCUT2D eigenvalue weighted by Crippen LogP contribution is 2.35. The number of aromatic nitrogens is 3. The molecule has 2 aliphatic heterocycles. The number of carbonyl (C=O) groups is 1. The number of piperidine rings is 1. The van der Waals surface area contributed by atoms with E-state index in [9.17, 15) is 4.79 Å². The van der Waals surface area contributed by atoms with E-state index in [1.807, 2.05) is 19.2 Å². The minimum Gasteiger partial charge on any atom is -0.355 e. The number of hydrogen-bond donors (Lipinski definition) is 2. The highest BCUT2D eigenvalue weighted by Gasteiger charge is 2.42. The standard InChI is InChI=1S/C19H25N7O.HI/c1-20-18(25-8-2-7-19(12-25)9-17(27)23-11-19)22-10-15-3-5-16(6-4-15)26-14-21-13-24-26;/h3-6,13-14H,2,7-12H2,1H3,(H,20,22)(H,23,27);1H. The Balaban J connectivity index is 0.00000225. The van der Waals surface area contributed by atoms with E-state index in [2.05, 4.69) is 42.7 Å². The molecule has 0 radical (unpaired) electrons. The first-order chi connectivity index (χ1) is 13.2. The lowest BCUT2D eigenvalue weighted by molar-refractivity contribution is -0.119. The van der Waals surface area contributed by atoms with Gasteiger partial charge in [-0.3, -0.25) is 9.79 Å². The van der Waals surface area contributed by atoms with E-state index in [1.54, 1.807) is 11.0 Å². The van der Waals surface area contributed by atoms with Crippen LogP contribution in [-0.4, -0.2) is 58.2 Å². The summed E-state index contributed by atoms with van der Waals surface area (Å²) in [4.78, 5) is 22.4. The molecule has 1 aromatic heterocycles. The van der Waals surface area contributed by atoms with Gasteiger partial charge in [0, 0.05) is 45.1 Å². The Morgan fingerprint density at radius 1 is 1.36 bits per heavy atom. The number of aliphatic imine (C=N–C) groups is 1. The van der Waals surface area contributed by atoms with Crippen LogP contribution in [0.5, 0.6) is 0 Å². The summed E-state index contributed by atoms with van der Waals surface area (Å²) in [6.07, 6.45) is 6.03. The SMILES string of the molecule is CN=C(NCc1ccc(-n2cncn2)cc1)N1CCCC2(CNC(=O)C2)C1.I. The van der Waals surface area contributed by atoms with Crippen molar-refractivity contribution in [3.05, 3.63) is 42.5 Å². The van der Waals surface area contributed by atoms with Crippen LogP contribution in [0.3, 0.4) is 0 Å². The summed E-state index contributed by atoms with van der Waals surface area (Å²) < 4.78 is 1.74. The van der Waals surface area contributed by atoms with Gasteiger partial charge in [-0.2, -0.15) is 5.10 Å². The lowest BCUT2D eigenvalue weighted by atomic mass is 9.79. The first-order valence-corrected chi connectivity index (χ1v) is 9.34. The molecule has 1 aromatic carbocycles. The average Bonchev–Trinajstić information content (AvgIpc) is 3.34. The zero-order valence-corrected chi connectivity index (χ0v) is 18.3. The molecule has 8 nitrogen and oxygen atoms in total. The molecule has 2 fully saturated rings. The van der Waals surface area contributed by atoms with Crippen LogP contribution < -0.4 is 10.6 Å². The smallest absolute Gasteiger partial charge is 0.220 e. The molecule has 1 atom stereocenters. The zero-order valence-electron chi connectivity index (χ0n) is 16.0. The van der Waals surface area contributed by atoms with Crippen LogP contribution >= 0.6 is 24.0 Å². The van der Waals surface area contributed by atoms with Gasteiger partial charge in [0.1, 0.15) is 12.7 Å². The molecule has 1 spiro atoms. The number of halogens is 1. The minimum absolute atomic E-state index is 0. The number of hydrogen-bond acceptors (Lipinski definition) is 4. The Kier molecular flexibility index (Phi) is 6.53. The van der Waals surface area contributed by atoms with E-state index in [1.165, 1.54) is 11.9 Å². The number of rotatable bonds is 3. The molecule has 150 valence electrons. The quantitative estimate of drug-likeness (QED) is 0.384. The first kappa shape index (κ1) is 20.6. The van der Waals surface area contributed by atoms with Gasteiger partial charge in [-0.25, -0.2) is 9.67 Å².